The topological polar surface area (TPSA) is 80.4 Å². The monoisotopic (exact) mass is 395 g/mol. The average Bonchev–Trinajstić information content (AvgIpc) is 3.16. The number of aromatic nitrogens is 3. The van der Waals surface area contributed by atoms with Crippen LogP contribution < -0.4 is 4.90 Å². The average molecular weight is 395 g/mol. The number of amidine groups is 1. The maximum atomic E-state index is 12.9. The summed E-state index contributed by atoms with van der Waals surface area (Å²) in [6.07, 6.45) is 1.48. The van der Waals surface area contributed by atoms with Crippen LogP contribution in [0.2, 0.25) is 0 Å². The van der Waals surface area contributed by atoms with Crippen LogP contribution in [0.5, 0.6) is 0 Å². The number of aryl methyl sites for hydroxylation is 1. The number of rotatable bonds is 3. The van der Waals surface area contributed by atoms with Crippen molar-refractivity contribution in [2.45, 2.75) is 24.8 Å². The van der Waals surface area contributed by atoms with Crippen molar-refractivity contribution in [2.75, 3.05) is 11.9 Å². The third-order valence-electron chi connectivity index (χ3n) is 5.02. The van der Waals surface area contributed by atoms with Gasteiger partial charge in [-0.3, -0.25) is 0 Å². The van der Waals surface area contributed by atoms with Gasteiger partial charge in [-0.05, 0) is 24.6 Å². The summed E-state index contributed by atoms with van der Waals surface area (Å²) < 4.78 is 31.9. The fourth-order valence-corrected chi connectivity index (χ4v) is 4.67. The van der Waals surface area contributed by atoms with Crippen LogP contribution in [0.1, 0.15) is 24.1 Å². The van der Waals surface area contributed by atoms with E-state index in [0.717, 1.165) is 11.1 Å². The number of benzene rings is 2. The molecule has 144 valence electrons. The predicted molar refractivity (Wildman–Crippen MR) is 108 cm³/mol. The minimum Gasteiger partial charge on any atom is -0.301 e. The van der Waals surface area contributed by atoms with Crippen molar-refractivity contribution < 1.29 is 8.42 Å². The summed E-state index contributed by atoms with van der Waals surface area (Å²) in [7, 11) is -2.08. The van der Waals surface area contributed by atoms with Crippen LogP contribution in [0.25, 0.3) is 0 Å². The van der Waals surface area contributed by atoms with Crippen LogP contribution in [-0.4, -0.2) is 36.1 Å². The zero-order chi connectivity index (χ0) is 19.9. The van der Waals surface area contributed by atoms with Gasteiger partial charge in [0.2, 0.25) is 5.95 Å². The van der Waals surface area contributed by atoms with Gasteiger partial charge in [-0.15, -0.1) is 4.40 Å². The van der Waals surface area contributed by atoms with E-state index < -0.39 is 10.0 Å². The lowest BCUT2D eigenvalue weighted by atomic mass is 9.92. The molecule has 0 aliphatic carbocycles. The Morgan fingerprint density at radius 1 is 1.04 bits per heavy atom. The van der Waals surface area contributed by atoms with Gasteiger partial charge in [0.25, 0.3) is 10.0 Å². The zero-order valence-electron chi connectivity index (χ0n) is 15.9. The van der Waals surface area contributed by atoms with Crippen molar-refractivity contribution in [3.63, 3.8) is 0 Å². The largest absolute Gasteiger partial charge is 0.301 e. The Kier molecular flexibility index (Phi) is 4.50. The summed E-state index contributed by atoms with van der Waals surface area (Å²) in [4.78, 5) is 6.19. The molecule has 0 spiro atoms. The standard InChI is InChI=1S/C20H21N5O2S/c1-14-9-11-17(12-10-14)28(26,27)23-19-15(2)18(16-7-5-4-6-8-16)25-20(24(19)3)21-13-22-25/h4-13,15,18H,1-3H3/b23-19+/t15-,18-/m1/s1. The molecule has 0 radical (unpaired) electrons. The quantitative estimate of drug-likeness (QED) is 0.681. The Hall–Kier alpha value is -3.00. The molecule has 28 heavy (non-hydrogen) atoms. The Morgan fingerprint density at radius 3 is 2.39 bits per heavy atom. The number of hydrogen-bond donors (Lipinski definition) is 0. The van der Waals surface area contributed by atoms with Gasteiger partial charge >= 0.3 is 0 Å². The summed E-state index contributed by atoms with van der Waals surface area (Å²) >= 11 is 0. The van der Waals surface area contributed by atoms with E-state index in [9.17, 15) is 8.42 Å². The van der Waals surface area contributed by atoms with Gasteiger partial charge in [-0.2, -0.15) is 18.5 Å². The molecule has 0 saturated heterocycles. The van der Waals surface area contributed by atoms with Crippen molar-refractivity contribution in [2.24, 2.45) is 10.3 Å². The van der Waals surface area contributed by atoms with E-state index in [-0.39, 0.29) is 16.9 Å². The smallest absolute Gasteiger partial charge is 0.283 e. The van der Waals surface area contributed by atoms with E-state index in [1.807, 2.05) is 48.9 Å². The molecule has 0 N–H and O–H groups in total. The highest BCUT2D eigenvalue weighted by Crippen LogP contribution is 2.36. The molecular formula is C20H21N5O2S. The lowest BCUT2D eigenvalue weighted by Crippen LogP contribution is -2.44. The SMILES string of the molecule is Cc1ccc(S(=O)(=O)/N=C2\[C@H](C)[C@H](c3ccccc3)n3ncnc3N2C)cc1. The Labute approximate surface area is 164 Å². The van der Waals surface area contributed by atoms with Crippen molar-refractivity contribution in [3.05, 3.63) is 72.1 Å². The molecule has 1 aromatic heterocycles. The van der Waals surface area contributed by atoms with Crippen molar-refractivity contribution >= 4 is 21.8 Å². The maximum absolute atomic E-state index is 12.9. The third-order valence-corrected chi connectivity index (χ3v) is 6.31. The second-order valence-corrected chi connectivity index (χ2v) is 8.55. The van der Waals surface area contributed by atoms with Gasteiger partial charge < -0.3 is 4.90 Å². The number of nitrogens with zero attached hydrogens (tertiary/aromatic N) is 5. The van der Waals surface area contributed by atoms with Crippen LogP contribution in [0.3, 0.4) is 0 Å². The van der Waals surface area contributed by atoms with Crippen LogP contribution in [-0.2, 0) is 10.0 Å². The molecule has 0 unspecified atom stereocenters. The first-order valence-electron chi connectivity index (χ1n) is 8.98. The highest BCUT2D eigenvalue weighted by Gasteiger charge is 2.38. The van der Waals surface area contributed by atoms with Gasteiger partial charge in [-0.1, -0.05) is 55.0 Å². The van der Waals surface area contributed by atoms with E-state index in [0.29, 0.717) is 11.8 Å². The fraction of sp³-hybridized carbons (Fsp3) is 0.250. The Morgan fingerprint density at radius 2 is 1.71 bits per heavy atom. The summed E-state index contributed by atoms with van der Waals surface area (Å²) in [5.74, 6) is 0.779. The predicted octanol–water partition coefficient (Wildman–Crippen LogP) is 3.05. The van der Waals surface area contributed by atoms with Crippen molar-refractivity contribution in [1.29, 1.82) is 0 Å². The molecule has 8 heteroatoms. The van der Waals surface area contributed by atoms with Crippen LogP contribution in [0, 0.1) is 12.8 Å². The summed E-state index contributed by atoms with van der Waals surface area (Å²) in [6.45, 7) is 3.87. The molecule has 2 aromatic carbocycles. The lowest BCUT2D eigenvalue weighted by Gasteiger charge is -2.36. The summed E-state index contributed by atoms with van der Waals surface area (Å²) in [6, 6.07) is 16.4. The number of fused-ring (bicyclic) bond motifs is 1. The van der Waals surface area contributed by atoms with Gasteiger partial charge in [0.15, 0.2) is 0 Å². The van der Waals surface area contributed by atoms with E-state index in [4.69, 9.17) is 0 Å². The van der Waals surface area contributed by atoms with Gasteiger partial charge in [0.05, 0.1) is 10.9 Å². The second-order valence-electron chi connectivity index (χ2n) is 6.95. The Bertz CT molecular complexity index is 1120. The van der Waals surface area contributed by atoms with E-state index in [1.165, 1.54) is 6.33 Å². The molecule has 1 aliphatic heterocycles. The number of hydrogen-bond acceptors (Lipinski definition) is 4. The van der Waals surface area contributed by atoms with Gasteiger partial charge in [0.1, 0.15) is 12.2 Å². The first-order chi connectivity index (χ1) is 13.4. The molecule has 7 nitrogen and oxygen atoms in total. The van der Waals surface area contributed by atoms with Gasteiger partial charge in [-0.25, -0.2) is 4.68 Å². The van der Waals surface area contributed by atoms with E-state index in [2.05, 4.69) is 14.5 Å². The molecule has 0 amide bonds. The van der Waals surface area contributed by atoms with E-state index >= 15 is 0 Å². The number of sulfonamides is 1. The van der Waals surface area contributed by atoms with Gasteiger partial charge in [0, 0.05) is 13.0 Å². The number of anilines is 1. The molecular weight excluding hydrogens is 374 g/mol. The first-order valence-corrected chi connectivity index (χ1v) is 10.4. The van der Waals surface area contributed by atoms with Crippen molar-refractivity contribution in [3.8, 4) is 0 Å². The zero-order valence-corrected chi connectivity index (χ0v) is 16.7. The highest BCUT2D eigenvalue weighted by molar-refractivity contribution is 7.90. The van der Waals surface area contributed by atoms with Crippen LogP contribution in [0.15, 0.2) is 70.2 Å². The molecule has 4 rings (SSSR count). The minimum atomic E-state index is -3.84. The molecule has 0 bridgehead atoms. The molecule has 2 heterocycles. The van der Waals surface area contributed by atoms with Crippen LogP contribution >= 0.6 is 0 Å². The lowest BCUT2D eigenvalue weighted by molar-refractivity contribution is 0.434. The highest BCUT2D eigenvalue weighted by atomic mass is 32.2. The Balaban J connectivity index is 1.83. The minimum absolute atomic E-state index is 0.175. The maximum Gasteiger partial charge on any atom is 0.283 e. The molecule has 1 aliphatic rings. The molecule has 3 aromatic rings. The second kappa shape index (κ2) is 6.87. The summed E-state index contributed by atoms with van der Waals surface area (Å²) in [5.41, 5.74) is 2.02. The normalized spacial score (nSPS) is 21.0. The molecule has 0 saturated carbocycles. The molecule has 2 atom stereocenters. The summed E-state index contributed by atoms with van der Waals surface area (Å²) in [5, 5.41) is 4.37. The van der Waals surface area contributed by atoms with Crippen molar-refractivity contribution in [1.82, 2.24) is 14.8 Å². The fourth-order valence-electron chi connectivity index (χ4n) is 3.55. The molecule has 0 fully saturated rings. The first kappa shape index (κ1) is 18.4. The van der Waals surface area contributed by atoms with E-state index in [1.54, 1.807) is 36.2 Å². The van der Waals surface area contributed by atoms with Crippen LogP contribution in [0.4, 0.5) is 5.95 Å². The third kappa shape index (κ3) is 3.09.